The molecule has 2 nitrogen and oxygen atoms in total. The fraction of sp³-hybridized carbons (Fsp3) is 0.545. The molecular weight excluding hydrogens is 192 g/mol. The first-order valence-electron chi connectivity index (χ1n) is 5.05. The lowest BCUT2D eigenvalue weighted by Crippen LogP contribution is -2.19. The standard InChI is InChI=1S/C11H16N2S/c1-8-6-10(7-14-8)13-11-4-3-5-12-9(11)2/h3-5,8,10,13H,6-7H2,1-2H3. The number of pyridine rings is 1. The molecule has 2 rings (SSSR count). The number of hydrogen-bond acceptors (Lipinski definition) is 3. The quantitative estimate of drug-likeness (QED) is 0.809. The molecule has 2 atom stereocenters. The zero-order chi connectivity index (χ0) is 9.97. The van der Waals surface area contributed by atoms with Gasteiger partial charge in [0.2, 0.25) is 0 Å². The SMILES string of the molecule is Cc1ncccc1NC1CSC(C)C1. The van der Waals surface area contributed by atoms with Crippen molar-refractivity contribution in [2.24, 2.45) is 0 Å². The second-order valence-electron chi connectivity index (χ2n) is 3.86. The predicted molar refractivity (Wildman–Crippen MR) is 62.9 cm³/mol. The Kier molecular flexibility index (Phi) is 2.96. The summed E-state index contributed by atoms with van der Waals surface area (Å²) in [4.78, 5) is 4.27. The van der Waals surface area contributed by atoms with Gasteiger partial charge in [-0.05, 0) is 25.5 Å². The summed E-state index contributed by atoms with van der Waals surface area (Å²) in [6.45, 7) is 4.34. The van der Waals surface area contributed by atoms with Gasteiger partial charge in [-0.25, -0.2) is 0 Å². The highest BCUT2D eigenvalue weighted by Crippen LogP contribution is 2.28. The average molecular weight is 208 g/mol. The van der Waals surface area contributed by atoms with E-state index >= 15 is 0 Å². The molecule has 14 heavy (non-hydrogen) atoms. The Labute approximate surface area is 89.5 Å². The molecule has 1 aromatic heterocycles. The number of nitrogens with zero attached hydrogens (tertiary/aromatic N) is 1. The van der Waals surface area contributed by atoms with Crippen molar-refractivity contribution in [2.75, 3.05) is 11.1 Å². The molecule has 0 saturated carbocycles. The van der Waals surface area contributed by atoms with Gasteiger partial charge in [0, 0.05) is 23.2 Å². The number of aromatic nitrogens is 1. The van der Waals surface area contributed by atoms with Crippen molar-refractivity contribution in [1.29, 1.82) is 0 Å². The zero-order valence-electron chi connectivity index (χ0n) is 8.66. The molecule has 1 fully saturated rings. The Balaban J connectivity index is 2.01. The van der Waals surface area contributed by atoms with Crippen molar-refractivity contribution in [3.05, 3.63) is 24.0 Å². The summed E-state index contributed by atoms with van der Waals surface area (Å²) in [7, 11) is 0. The van der Waals surface area contributed by atoms with E-state index in [1.807, 2.05) is 30.9 Å². The summed E-state index contributed by atoms with van der Waals surface area (Å²) in [5, 5.41) is 4.35. The molecule has 1 aliphatic heterocycles. The van der Waals surface area contributed by atoms with Crippen LogP contribution in [0.3, 0.4) is 0 Å². The van der Waals surface area contributed by atoms with Crippen LogP contribution in [0.25, 0.3) is 0 Å². The van der Waals surface area contributed by atoms with Crippen LogP contribution in [0.4, 0.5) is 5.69 Å². The van der Waals surface area contributed by atoms with Gasteiger partial charge in [0.15, 0.2) is 0 Å². The van der Waals surface area contributed by atoms with E-state index in [-0.39, 0.29) is 0 Å². The number of nitrogens with one attached hydrogen (secondary N) is 1. The smallest absolute Gasteiger partial charge is 0.0603 e. The van der Waals surface area contributed by atoms with Crippen molar-refractivity contribution >= 4 is 17.4 Å². The Morgan fingerprint density at radius 3 is 3.07 bits per heavy atom. The lowest BCUT2D eigenvalue weighted by atomic mass is 10.2. The Morgan fingerprint density at radius 1 is 1.57 bits per heavy atom. The second-order valence-corrected chi connectivity index (χ2v) is 5.33. The predicted octanol–water partition coefficient (Wildman–Crippen LogP) is 2.70. The summed E-state index contributed by atoms with van der Waals surface area (Å²) in [6.07, 6.45) is 3.10. The van der Waals surface area contributed by atoms with E-state index < -0.39 is 0 Å². The molecule has 0 aliphatic carbocycles. The van der Waals surface area contributed by atoms with E-state index in [0.29, 0.717) is 6.04 Å². The Bertz CT molecular complexity index is 314. The number of thioether (sulfide) groups is 1. The minimum atomic E-state index is 0.623. The summed E-state index contributed by atoms with van der Waals surface area (Å²) < 4.78 is 0. The lowest BCUT2D eigenvalue weighted by molar-refractivity contribution is 0.745. The van der Waals surface area contributed by atoms with Gasteiger partial charge >= 0.3 is 0 Å². The number of anilines is 1. The first-order valence-corrected chi connectivity index (χ1v) is 6.10. The van der Waals surface area contributed by atoms with Crippen LogP contribution in [0.1, 0.15) is 19.0 Å². The third kappa shape index (κ3) is 2.21. The van der Waals surface area contributed by atoms with E-state index in [2.05, 4.69) is 23.3 Å². The molecule has 3 heteroatoms. The minimum absolute atomic E-state index is 0.623. The van der Waals surface area contributed by atoms with Crippen LogP contribution in [0, 0.1) is 6.92 Å². The van der Waals surface area contributed by atoms with Gasteiger partial charge in [-0.15, -0.1) is 0 Å². The van der Waals surface area contributed by atoms with Gasteiger partial charge in [0.05, 0.1) is 11.4 Å². The van der Waals surface area contributed by atoms with Crippen molar-refractivity contribution in [3.63, 3.8) is 0 Å². The molecule has 2 unspecified atom stereocenters. The maximum atomic E-state index is 4.27. The highest BCUT2D eigenvalue weighted by atomic mass is 32.2. The monoisotopic (exact) mass is 208 g/mol. The number of aryl methyl sites for hydroxylation is 1. The molecule has 1 saturated heterocycles. The van der Waals surface area contributed by atoms with Gasteiger partial charge < -0.3 is 5.32 Å². The van der Waals surface area contributed by atoms with Crippen molar-refractivity contribution in [2.45, 2.75) is 31.6 Å². The van der Waals surface area contributed by atoms with E-state index in [4.69, 9.17) is 0 Å². The third-order valence-corrected chi connectivity index (χ3v) is 3.92. The number of hydrogen-bond donors (Lipinski definition) is 1. The molecule has 1 aliphatic rings. The first-order chi connectivity index (χ1) is 6.75. The topological polar surface area (TPSA) is 24.9 Å². The fourth-order valence-electron chi connectivity index (χ4n) is 1.77. The average Bonchev–Trinajstić information content (AvgIpc) is 2.56. The second kappa shape index (κ2) is 4.22. The highest BCUT2D eigenvalue weighted by Gasteiger charge is 2.21. The first kappa shape index (κ1) is 9.84. The molecule has 2 heterocycles. The Morgan fingerprint density at radius 2 is 2.43 bits per heavy atom. The van der Waals surface area contributed by atoms with Gasteiger partial charge in [0.1, 0.15) is 0 Å². The van der Waals surface area contributed by atoms with Crippen LogP contribution >= 0.6 is 11.8 Å². The maximum Gasteiger partial charge on any atom is 0.0603 e. The van der Waals surface area contributed by atoms with Gasteiger partial charge in [-0.3, -0.25) is 4.98 Å². The van der Waals surface area contributed by atoms with Crippen molar-refractivity contribution in [3.8, 4) is 0 Å². The molecule has 0 spiro atoms. The zero-order valence-corrected chi connectivity index (χ0v) is 9.47. The third-order valence-electron chi connectivity index (χ3n) is 2.56. The van der Waals surface area contributed by atoms with Crippen molar-refractivity contribution < 1.29 is 0 Å². The van der Waals surface area contributed by atoms with Gasteiger partial charge in [0.25, 0.3) is 0 Å². The molecule has 1 aromatic rings. The largest absolute Gasteiger partial charge is 0.380 e. The maximum absolute atomic E-state index is 4.27. The van der Waals surface area contributed by atoms with Gasteiger partial charge in [-0.1, -0.05) is 6.92 Å². The number of rotatable bonds is 2. The normalized spacial score (nSPS) is 26.4. The van der Waals surface area contributed by atoms with Crippen LogP contribution in [0.5, 0.6) is 0 Å². The van der Waals surface area contributed by atoms with E-state index in [1.165, 1.54) is 17.9 Å². The fourth-order valence-corrected chi connectivity index (χ4v) is 2.92. The molecular formula is C11H16N2S. The highest BCUT2D eigenvalue weighted by molar-refractivity contribution is 8.00. The van der Waals surface area contributed by atoms with E-state index in [1.54, 1.807) is 0 Å². The van der Waals surface area contributed by atoms with Gasteiger partial charge in [-0.2, -0.15) is 11.8 Å². The summed E-state index contributed by atoms with van der Waals surface area (Å²) >= 11 is 2.05. The summed E-state index contributed by atoms with van der Waals surface area (Å²) in [5.41, 5.74) is 2.28. The van der Waals surface area contributed by atoms with Crippen molar-refractivity contribution in [1.82, 2.24) is 4.98 Å². The van der Waals surface area contributed by atoms with E-state index in [9.17, 15) is 0 Å². The molecule has 0 amide bonds. The van der Waals surface area contributed by atoms with E-state index in [0.717, 1.165) is 10.9 Å². The molecule has 0 bridgehead atoms. The molecule has 76 valence electrons. The van der Waals surface area contributed by atoms with Crippen LogP contribution in [-0.2, 0) is 0 Å². The van der Waals surface area contributed by atoms with Crippen LogP contribution in [0.2, 0.25) is 0 Å². The summed E-state index contributed by atoms with van der Waals surface area (Å²) in [6, 6.07) is 4.72. The molecule has 1 N–H and O–H groups in total. The Hall–Kier alpha value is -0.700. The minimum Gasteiger partial charge on any atom is -0.380 e. The summed E-state index contributed by atoms with van der Waals surface area (Å²) in [5.74, 6) is 1.22. The van der Waals surface area contributed by atoms with Crippen LogP contribution < -0.4 is 5.32 Å². The van der Waals surface area contributed by atoms with Crippen LogP contribution in [0.15, 0.2) is 18.3 Å². The molecule has 0 aromatic carbocycles. The van der Waals surface area contributed by atoms with Crippen LogP contribution in [-0.4, -0.2) is 22.0 Å². The molecule has 0 radical (unpaired) electrons. The lowest BCUT2D eigenvalue weighted by Gasteiger charge is -2.14.